The van der Waals surface area contributed by atoms with E-state index in [9.17, 15) is 5.11 Å². The lowest BCUT2D eigenvalue weighted by Crippen LogP contribution is -2.06. The minimum absolute atomic E-state index is 0.291. The first-order chi connectivity index (χ1) is 5.79. The Bertz CT molecular complexity index is 310. The Morgan fingerprint density at radius 1 is 1.50 bits per heavy atom. The van der Waals surface area contributed by atoms with E-state index in [2.05, 4.69) is 0 Å². The van der Waals surface area contributed by atoms with Crippen molar-refractivity contribution in [3.05, 3.63) is 17.7 Å². The van der Waals surface area contributed by atoms with Crippen LogP contribution in [0.25, 0.3) is 0 Å². The van der Waals surface area contributed by atoms with Crippen LogP contribution in [0, 0.1) is 6.92 Å². The lowest BCUT2D eigenvalue weighted by molar-refractivity contribution is 0.307. The number of hydrogen-bond acceptors (Lipinski definition) is 3. The van der Waals surface area contributed by atoms with Gasteiger partial charge in [0.2, 0.25) is 0 Å². The highest BCUT2D eigenvalue weighted by atomic mass is 32.2. The predicted molar refractivity (Wildman–Crippen MR) is 49.1 cm³/mol. The summed E-state index contributed by atoms with van der Waals surface area (Å²) in [6, 6.07) is 3.91. The number of phenolic OH excluding ortho intramolecular Hbond substituents is 1. The molecule has 0 aromatic heterocycles. The molecule has 0 spiro atoms. The van der Waals surface area contributed by atoms with Crippen LogP contribution in [-0.2, 0) is 0 Å². The summed E-state index contributed by atoms with van der Waals surface area (Å²) in [5, 5.41) is 9.61. The van der Waals surface area contributed by atoms with Gasteiger partial charge in [-0.05, 0) is 18.6 Å². The average Bonchev–Trinajstić information content (AvgIpc) is 2.12. The van der Waals surface area contributed by atoms with Crippen LogP contribution in [-0.4, -0.2) is 17.5 Å². The average molecular weight is 182 g/mol. The van der Waals surface area contributed by atoms with Crippen molar-refractivity contribution < 1.29 is 9.84 Å². The van der Waals surface area contributed by atoms with Gasteiger partial charge in [0.25, 0.3) is 0 Å². The number of fused-ring (bicyclic) bond motifs is 1. The van der Waals surface area contributed by atoms with Gasteiger partial charge in [-0.25, -0.2) is 0 Å². The standard InChI is InChI=1S/C9H10O2S/c1-6-2-3-7-9(8(6)10)11-4-5-12-7/h2-3,10H,4-5H2,1H3. The number of ether oxygens (including phenoxy) is 1. The van der Waals surface area contributed by atoms with E-state index in [0.29, 0.717) is 18.1 Å². The van der Waals surface area contributed by atoms with E-state index in [1.165, 1.54) is 0 Å². The van der Waals surface area contributed by atoms with Gasteiger partial charge in [0.15, 0.2) is 11.5 Å². The quantitative estimate of drug-likeness (QED) is 0.667. The fraction of sp³-hybridized carbons (Fsp3) is 0.333. The Kier molecular flexibility index (Phi) is 1.89. The van der Waals surface area contributed by atoms with Crippen LogP contribution in [0.1, 0.15) is 5.56 Å². The monoisotopic (exact) mass is 182 g/mol. The van der Waals surface area contributed by atoms with Gasteiger partial charge in [-0.15, -0.1) is 11.8 Å². The van der Waals surface area contributed by atoms with Gasteiger partial charge in [0.1, 0.15) is 0 Å². The third-order valence-corrected chi connectivity index (χ3v) is 2.89. The van der Waals surface area contributed by atoms with Crippen molar-refractivity contribution in [3.8, 4) is 11.5 Å². The molecule has 0 unspecified atom stereocenters. The van der Waals surface area contributed by atoms with Crippen LogP contribution in [0.3, 0.4) is 0 Å². The molecule has 1 N–H and O–H groups in total. The fourth-order valence-corrected chi connectivity index (χ4v) is 2.04. The molecule has 2 rings (SSSR count). The number of phenols is 1. The van der Waals surface area contributed by atoms with Gasteiger partial charge < -0.3 is 9.84 Å². The van der Waals surface area contributed by atoms with E-state index < -0.39 is 0 Å². The smallest absolute Gasteiger partial charge is 0.174 e. The summed E-state index contributed by atoms with van der Waals surface area (Å²) < 4.78 is 5.36. The van der Waals surface area contributed by atoms with E-state index >= 15 is 0 Å². The van der Waals surface area contributed by atoms with Gasteiger partial charge in [-0.3, -0.25) is 0 Å². The van der Waals surface area contributed by atoms with E-state index in [4.69, 9.17) is 4.74 Å². The normalized spacial score (nSPS) is 15.1. The molecule has 2 nitrogen and oxygen atoms in total. The van der Waals surface area contributed by atoms with E-state index in [0.717, 1.165) is 16.2 Å². The second kappa shape index (κ2) is 2.90. The molecule has 0 aliphatic carbocycles. The zero-order valence-electron chi connectivity index (χ0n) is 6.83. The van der Waals surface area contributed by atoms with Crippen LogP contribution in [0.2, 0.25) is 0 Å². The van der Waals surface area contributed by atoms with Crippen molar-refractivity contribution in [1.82, 2.24) is 0 Å². The first-order valence-corrected chi connectivity index (χ1v) is 4.86. The molecule has 64 valence electrons. The van der Waals surface area contributed by atoms with Crippen LogP contribution in [0.15, 0.2) is 17.0 Å². The zero-order valence-corrected chi connectivity index (χ0v) is 7.65. The minimum atomic E-state index is 0.291. The fourth-order valence-electron chi connectivity index (χ4n) is 1.20. The molecule has 0 atom stereocenters. The lowest BCUT2D eigenvalue weighted by Gasteiger charge is -2.18. The van der Waals surface area contributed by atoms with Crippen LogP contribution in [0.5, 0.6) is 11.5 Å². The highest BCUT2D eigenvalue weighted by molar-refractivity contribution is 7.99. The molecule has 0 bridgehead atoms. The molecular weight excluding hydrogens is 172 g/mol. The molecule has 1 aromatic rings. The number of aromatic hydroxyl groups is 1. The molecule has 0 saturated heterocycles. The van der Waals surface area contributed by atoms with Crippen molar-refractivity contribution in [2.75, 3.05) is 12.4 Å². The maximum Gasteiger partial charge on any atom is 0.174 e. The topological polar surface area (TPSA) is 29.5 Å². The van der Waals surface area contributed by atoms with E-state index in [1.807, 2.05) is 19.1 Å². The van der Waals surface area contributed by atoms with Crippen molar-refractivity contribution in [3.63, 3.8) is 0 Å². The Balaban J connectivity index is 2.54. The summed E-state index contributed by atoms with van der Waals surface area (Å²) >= 11 is 1.73. The molecule has 12 heavy (non-hydrogen) atoms. The molecule has 1 aromatic carbocycles. The Morgan fingerprint density at radius 2 is 2.33 bits per heavy atom. The molecule has 1 aliphatic rings. The highest BCUT2D eigenvalue weighted by Gasteiger charge is 2.15. The summed E-state index contributed by atoms with van der Waals surface area (Å²) in [6.45, 7) is 2.56. The number of rotatable bonds is 0. The summed E-state index contributed by atoms with van der Waals surface area (Å²) in [5.41, 5.74) is 0.872. The highest BCUT2D eigenvalue weighted by Crippen LogP contribution is 2.41. The zero-order chi connectivity index (χ0) is 8.55. The summed E-state index contributed by atoms with van der Waals surface area (Å²) in [5.74, 6) is 1.92. The van der Waals surface area contributed by atoms with Crippen molar-refractivity contribution >= 4 is 11.8 Å². The Hall–Kier alpha value is -0.830. The van der Waals surface area contributed by atoms with E-state index in [-0.39, 0.29) is 0 Å². The largest absolute Gasteiger partial charge is 0.504 e. The van der Waals surface area contributed by atoms with Crippen molar-refractivity contribution in [2.24, 2.45) is 0 Å². The van der Waals surface area contributed by atoms with Crippen LogP contribution in [0.4, 0.5) is 0 Å². The minimum Gasteiger partial charge on any atom is -0.504 e. The Morgan fingerprint density at radius 3 is 3.17 bits per heavy atom. The number of hydrogen-bond donors (Lipinski definition) is 1. The predicted octanol–water partition coefficient (Wildman–Crippen LogP) is 2.19. The lowest BCUT2D eigenvalue weighted by atomic mass is 10.2. The molecular formula is C9H10O2S. The van der Waals surface area contributed by atoms with Gasteiger partial charge >= 0.3 is 0 Å². The van der Waals surface area contributed by atoms with Gasteiger partial charge in [-0.2, -0.15) is 0 Å². The van der Waals surface area contributed by atoms with Crippen LogP contribution >= 0.6 is 11.8 Å². The first kappa shape index (κ1) is 7.80. The molecule has 1 heterocycles. The molecule has 0 radical (unpaired) electrons. The van der Waals surface area contributed by atoms with Gasteiger partial charge in [0, 0.05) is 5.75 Å². The van der Waals surface area contributed by atoms with Gasteiger partial charge in [-0.1, -0.05) is 6.07 Å². The third kappa shape index (κ3) is 1.14. The first-order valence-electron chi connectivity index (χ1n) is 3.87. The number of benzene rings is 1. The van der Waals surface area contributed by atoms with E-state index in [1.54, 1.807) is 11.8 Å². The number of thioether (sulfide) groups is 1. The van der Waals surface area contributed by atoms with Gasteiger partial charge in [0.05, 0.1) is 11.5 Å². The third-order valence-electron chi connectivity index (χ3n) is 1.88. The summed E-state index contributed by atoms with van der Waals surface area (Å²) in [6.07, 6.45) is 0. The van der Waals surface area contributed by atoms with Crippen LogP contribution < -0.4 is 4.74 Å². The molecule has 0 amide bonds. The summed E-state index contributed by atoms with van der Waals surface area (Å²) in [7, 11) is 0. The molecule has 0 fully saturated rings. The SMILES string of the molecule is Cc1ccc2c(c1O)OCCS2. The molecule has 1 aliphatic heterocycles. The Labute approximate surface area is 75.6 Å². The maximum absolute atomic E-state index is 9.61. The second-order valence-electron chi connectivity index (χ2n) is 2.76. The maximum atomic E-state index is 9.61. The summed E-state index contributed by atoms with van der Waals surface area (Å²) in [4.78, 5) is 1.05. The number of aryl methyl sites for hydroxylation is 1. The van der Waals surface area contributed by atoms with Crippen molar-refractivity contribution in [2.45, 2.75) is 11.8 Å². The molecule has 0 saturated carbocycles. The second-order valence-corrected chi connectivity index (χ2v) is 3.89. The molecule has 3 heteroatoms. The van der Waals surface area contributed by atoms with Crippen molar-refractivity contribution in [1.29, 1.82) is 0 Å².